The fraction of sp³-hybridized carbons (Fsp3) is 0.379. The second-order valence-corrected chi connectivity index (χ2v) is 9.95. The van der Waals surface area contributed by atoms with E-state index in [1.807, 2.05) is 45.0 Å². The van der Waals surface area contributed by atoms with Crippen LogP contribution in [0, 0.1) is 0 Å². The summed E-state index contributed by atoms with van der Waals surface area (Å²) in [5, 5.41) is 4.23. The van der Waals surface area contributed by atoms with Crippen molar-refractivity contribution < 1.29 is 23.8 Å². The van der Waals surface area contributed by atoms with E-state index in [4.69, 9.17) is 14.2 Å². The lowest BCUT2D eigenvalue weighted by molar-refractivity contribution is 0.0635. The molecule has 0 bridgehead atoms. The van der Waals surface area contributed by atoms with Gasteiger partial charge in [0.15, 0.2) is 0 Å². The largest absolute Gasteiger partial charge is 0.492 e. The molecule has 3 aromatic rings. The maximum Gasteiger partial charge on any atom is 0.412 e. The second-order valence-electron chi connectivity index (χ2n) is 9.95. The third-order valence-electron chi connectivity index (χ3n) is 5.94. The molecule has 0 unspecified atom stereocenters. The van der Waals surface area contributed by atoms with Crippen molar-refractivity contribution in [2.45, 2.75) is 45.6 Å². The Labute approximate surface area is 212 Å². The molecule has 1 aliphatic rings. The Balaban J connectivity index is 1.39. The predicted molar refractivity (Wildman–Crippen MR) is 141 cm³/mol. The van der Waals surface area contributed by atoms with Crippen molar-refractivity contribution in [2.24, 2.45) is 0 Å². The third kappa shape index (κ3) is 6.98. The van der Waals surface area contributed by atoms with Gasteiger partial charge in [-0.1, -0.05) is 30.7 Å². The Morgan fingerprint density at radius 2 is 1.58 bits per heavy atom. The summed E-state index contributed by atoms with van der Waals surface area (Å²) in [5.74, 6) is 0.673. The van der Waals surface area contributed by atoms with Gasteiger partial charge in [0.1, 0.15) is 23.7 Å². The van der Waals surface area contributed by atoms with E-state index in [2.05, 4.69) is 10.2 Å². The first-order valence-corrected chi connectivity index (χ1v) is 12.5. The predicted octanol–water partition coefficient (Wildman–Crippen LogP) is 6.27. The molecule has 1 heterocycles. The summed E-state index contributed by atoms with van der Waals surface area (Å²) in [7, 11) is 0. The summed E-state index contributed by atoms with van der Waals surface area (Å²) in [4.78, 5) is 27.5. The number of benzene rings is 3. The van der Waals surface area contributed by atoms with Crippen LogP contribution in [0.1, 0.15) is 50.4 Å². The van der Waals surface area contributed by atoms with Crippen molar-refractivity contribution in [1.82, 2.24) is 4.90 Å². The van der Waals surface area contributed by atoms with Crippen LogP contribution in [-0.2, 0) is 4.74 Å². The van der Waals surface area contributed by atoms with Crippen LogP contribution in [0.4, 0.5) is 10.5 Å². The topological polar surface area (TPSA) is 77.1 Å². The molecule has 190 valence electrons. The highest BCUT2D eigenvalue weighted by molar-refractivity contribution is 6.04. The van der Waals surface area contributed by atoms with Crippen molar-refractivity contribution in [2.75, 3.05) is 31.6 Å². The van der Waals surface area contributed by atoms with E-state index in [1.165, 1.54) is 19.3 Å². The van der Waals surface area contributed by atoms with Crippen LogP contribution in [0.5, 0.6) is 11.5 Å². The van der Waals surface area contributed by atoms with Crippen molar-refractivity contribution in [3.8, 4) is 11.5 Å². The monoisotopic (exact) mass is 490 g/mol. The summed E-state index contributed by atoms with van der Waals surface area (Å²) < 4.78 is 16.9. The lowest BCUT2D eigenvalue weighted by Crippen LogP contribution is -2.33. The molecule has 36 heavy (non-hydrogen) atoms. The van der Waals surface area contributed by atoms with E-state index in [0.717, 1.165) is 30.8 Å². The zero-order chi connectivity index (χ0) is 25.5. The average Bonchev–Trinajstić information content (AvgIpc) is 2.85. The van der Waals surface area contributed by atoms with Gasteiger partial charge in [0, 0.05) is 17.3 Å². The highest BCUT2D eigenvalue weighted by Gasteiger charge is 2.18. The second kappa shape index (κ2) is 11.4. The summed E-state index contributed by atoms with van der Waals surface area (Å²) >= 11 is 0. The van der Waals surface area contributed by atoms with Gasteiger partial charge >= 0.3 is 12.1 Å². The van der Waals surface area contributed by atoms with E-state index in [0.29, 0.717) is 29.0 Å². The number of carbonyl (C=O) groups excluding carboxylic acids is 2. The van der Waals surface area contributed by atoms with Crippen molar-refractivity contribution in [3.05, 3.63) is 66.2 Å². The number of esters is 1. The molecular weight excluding hydrogens is 456 g/mol. The van der Waals surface area contributed by atoms with Crippen molar-refractivity contribution in [3.63, 3.8) is 0 Å². The number of hydrogen-bond donors (Lipinski definition) is 1. The summed E-state index contributed by atoms with van der Waals surface area (Å²) in [6.07, 6.45) is 3.29. The number of likely N-dealkylation sites (tertiary alicyclic amines) is 1. The fourth-order valence-corrected chi connectivity index (χ4v) is 4.20. The van der Waals surface area contributed by atoms with E-state index < -0.39 is 17.7 Å². The molecule has 1 fully saturated rings. The Bertz CT molecular complexity index is 1190. The minimum atomic E-state index is -0.608. The zero-order valence-corrected chi connectivity index (χ0v) is 21.2. The molecule has 1 aliphatic heterocycles. The normalized spacial score (nSPS) is 14.3. The lowest BCUT2D eigenvalue weighted by atomic mass is 10.1. The molecule has 0 saturated carbocycles. The van der Waals surface area contributed by atoms with Crippen LogP contribution in [0.3, 0.4) is 0 Å². The SMILES string of the molecule is CC(C)(C)OC(=O)Nc1ccc(OC(=O)c2ccc(OCCN3CCCCC3)cc2)c2ccccc12. The minimum absolute atomic E-state index is 0.409. The smallest absolute Gasteiger partial charge is 0.412 e. The minimum Gasteiger partial charge on any atom is -0.492 e. The highest BCUT2D eigenvalue weighted by Crippen LogP contribution is 2.32. The first kappa shape index (κ1) is 25.5. The number of rotatable bonds is 7. The maximum atomic E-state index is 12.8. The molecule has 7 nitrogen and oxygen atoms in total. The van der Waals surface area contributed by atoms with Gasteiger partial charge in [-0.15, -0.1) is 0 Å². The van der Waals surface area contributed by atoms with E-state index >= 15 is 0 Å². The Morgan fingerprint density at radius 3 is 2.28 bits per heavy atom. The van der Waals surface area contributed by atoms with E-state index in [1.54, 1.807) is 36.4 Å². The quantitative estimate of drug-likeness (QED) is 0.311. The molecule has 3 aromatic carbocycles. The first-order chi connectivity index (χ1) is 17.3. The van der Waals surface area contributed by atoms with Crippen LogP contribution in [0.15, 0.2) is 60.7 Å². The van der Waals surface area contributed by atoms with Gasteiger partial charge in [-0.2, -0.15) is 0 Å². The highest BCUT2D eigenvalue weighted by atomic mass is 16.6. The number of piperidine rings is 1. The average molecular weight is 491 g/mol. The van der Waals surface area contributed by atoms with Crippen LogP contribution in [-0.4, -0.2) is 48.8 Å². The third-order valence-corrected chi connectivity index (χ3v) is 5.94. The van der Waals surface area contributed by atoms with Crippen molar-refractivity contribution in [1.29, 1.82) is 0 Å². The molecule has 0 aromatic heterocycles. The first-order valence-electron chi connectivity index (χ1n) is 12.5. The molecule has 1 amide bonds. The van der Waals surface area contributed by atoms with Gasteiger partial charge in [0.05, 0.1) is 11.3 Å². The van der Waals surface area contributed by atoms with Crippen molar-refractivity contribution >= 4 is 28.5 Å². The Morgan fingerprint density at radius 1 is 0.889 bits per heavy atom. The summed E-state index contributed by atoms with van der Waals surface area (Å²) in [6, 6.07) is 17.8. The Hall–Kier alpha value is -3.58. The van der Waals surface area contributed by atoms with Gasteiger partial charge in [0.25, 0.3) is 0 Å². The number of hydrogen-bond acceptors (Lipinski definition) is 6. The van der Waals surface area contributed by atoms with Gasteiger partial charge in [-0.05, 0) is 83.1 Å². The molecule has 7 heteroatoms. The van der Waals surface area contributed by atoms with Crippen LogP contribution in [0.2, 0.25) is 0 Å². The van der Waals surface area contributed by atoms with Crippen LogP contribution in [0.25, 0.3) is 10.8 Å². The number of carbonyl (C=O) groups is 2. The molecule has 1 N–H and O–H groups in total. The van der Waals surface area contributed by atoms with Gasteiger partial charge in [0.2, 0.25) is 0 Å². The van der Waals surface area contributed by atoms with Crippen LogP contribution < -0.4 is 14.8 Å². The Kier molecular flexibility index (Phi) is 8.10. The number of ether oxygens (including phenoxy) is 3. The van der Waals surface area contributed by atoms with E-state index in [9.17, 15) is 9.59 Å². The number of amides is 1. The molecule has 0 radical (unpaired) electrons. The molecular formula is C29H34N2O5. The molecule has 0 spiro atoms. The molecule has 0 aliphatic carbocycles. The standard InChI is InChI=1S/C29H34N2O5/c1-29(2,3)36-28(33)30-25-15-16-26(24-10-6-5-9-23(24)25)35-27(32)21-11-13-22(14-12-21)34-20-19-31-17-7-4-8-18-31/h5-6,9-16H,4,7-8,17-20H2,1-3H3,(H,30,33). The van der Waals surface area contributed by atoms with Gasteiger partial charge in [-0.3, -0.25) is 10.2 Å². The molecule has 0 atom stereocenters. The van der Waals surface area contributed by atoms with Gasteiger partial charge in [-0.25, -0.2) is 9.59 Å². The fourth-order valence-electron chi connectivity index (χ4n) is 4.20. The van der Waals surface area contributed by atoms with Gasteiger partial charge < -0.3 is 14.2 Å². The number of nitrogens with zero attached hydrogens (tertiary/aromatic N) is 1. The number of anilines is 1. The van der Waals surface area contributed by atoms with Crippen LogP contribution >= 0.6 is 0 Å². The number of nitrogens with one attached hydrogen (secondary N) is 1. The maximum absolute atomic E-state index is 12.8. The summed E-state index contributed by atoms with van der Waals surface area (Å²) in [6.45, 7) is 9.24. The van der Waals surface area contributed by atoms with E-state index in [-0.39, 0.29) is 0 Å². The molecule has 4 rings (SSSR count). The lowest BCUT2D eigenvalue weighted by Gasteiger charge is -2.26. The number of fused-ring (bicyclic) bond motifs is 1. The molecule has 1 saturated heterocycles. The summed E-state index contributed by atoms with van der Waals surface area (Å²) in [5.41, 5.74) is 0.396. The zero-order valence-electron chi connectivity index (χ0n) is 21.2.